The van der Waals surface area contributed by atoms with Crippen molar-refractivity contribution in [3.63, 3.8) is 0 Å². The van der Waals surface area contributed by atoms with Gasteiger partial charge in [-0.3, -0.25) is 4.79 Å². The minimum Gasteiger partial charge on any atom is -0.353 e. The molecule has 1 fully saturated rings. The predicted molar refractivity (Wildman–Crippen MR) is 84.9 cm³/mol. The van der Waals surface area contributed by atoms with Crippen molar-refractivity contribution in [3.05, 3.63) is 35.6 Å². The summed E-state index contributed by atoms with van der Waals surface area (Å²) in [6.07, 6.45) is 4.25. The summed E-state index contributed by atoms with van der Waals surface area (Å²) in [6.45, 7) is 1.84. The largest absolute Gasteiger partial charge is 0.353 e. The van der Waals surface area contributed by atoms with Crippen molar-refractivity contribution in [2.45, 2.75) is 51.1 Å². The zero-order valence-corrected chi connectivity index (χ0v) is 13.2. The summed E-state index contributed by atoms with van der Waals surface area (Å²) in [5, 5.41) is 3.06. The van der Waals surface area contributed by atoms with Crippen LogP contribution in [0.2, 0.25) is 0 Å². The first kappa shape index (κ1) is 17.9. The van der Waals surface area contributed by atoms with E-state index in [1.807, 2.05) is 6.92 Å². The second-order valence-electron chi connectivity index (χ2n) is 5.82. The van der Waals surface area contributed by atoms with Crippen LogP contribution in [-0.4, -0.2) is 18.0 Å². The highest BCUT2D eigenvalue weighted by atomic mass is 35.5. The van der Waals surface area contributed by atoms with E-state index >= 15 is 0 Å². The molecule has 0 spiro atoms. The maximum Gasteiger partial charge on any atom is 0.223 e. The topological polar surface area (TPSA) is 55.1 Å². The van der Waals surface area contributed by atoms with Crippen LogP contribution < -0.4 is 11.1 Å². The Hall–Kier alpha value is -1.13. The van der Waals surface area contributed by atoms with Gasteiger partial charge in [0.25, 0.3) is 0 Å². The van der Waals surface area contributed by atoms with E-state index in [9.17, 15) is 9.18 Å². The highest BCUT2D eigenvalue weighted by Crippen LogP contribution is 2.18. The average molecular weight is 315 g/mol. The van der Waals surface area contributed by atoms with Crippen molar-refractivity contribution in [2.75, 3.05) is 0 Å². The molecule has 1 aliphatic carbocycles. The molecule has 1 amide bonds. The molecule has 118 valence electrons. The maximum atomic E-state index is 13.6. The summed E-state index contributed by atoms with van der Waals surface area (Å²) in [5.74, 6) is -0.452. The van der Waals surface area contributed by atoms with Crippen molar-refractivity contribution in [1.29, 1.82) is 0 Å². The van der Waals surface area contributed by atoms with Gasteiger partial charge >= 0.3 is 0 Å². The van der Waals surface area contributed by atoms with E-state index in [0.717, 1.165) is 25.7 Å². The van der Waals surface area contributed by atoms with Crippen molar-refractivity contribution in [2.24, 2.45) is 11.7 Å². The third kappa shape index (κ3) is 5.29. The zero-order valence-electron chi connectivity index (χ0n) is 12.3. The molecule has 5 heteroatoms. The number of benzene rings is 1. The molecule has 1 aliphatic rings. The molecule has 0 aromatic heterocycles. The predicted octanol–water partition coefficient (Wildman–Crippen LogP) is 2.81. The Labute approximate surface area is 131 Å². The molecule has 0 radical (unpaired) electrons. The Morgan fingerprint density at radius 3 is 2.57 bits per heavy atom. The lowest BCUT2D eigenvalue weighted by Crippen LogP contribution is -2.42. The van der Waals surface area contributed by atoms with E-state index in [1.54, 1.807) is 18.2 Å². The molecule has 3 nitrogen and oxygen atoms in total. The van der Waals surface area contributed by atoms with Crippen molar-refractivity contribution in [3.8, 4) is 0 Å². The fourth-order valence-corrected chi connectivity index (χ4v) is 2.69. The van der Waals surface area contributed by atoms with Gasteiger partial charge in [0.15, 0.2) is 0 Å². The number of rotatable bonds is 4. The van der Waals surface area contributed by atoms with Gasteiger partial charge in [0, 0.05) is 18.0 Å². The van der Waals surface area contributed by atoms with Crippen LogP contribution >= 0.6 is 12.4 Å². The first-order chi connectivity index (χ1) is 9.56. The van der Waals surface area contributed by atoms with Crippen LogP contribution in [0, 0.1) is 11.7 Å². The fourth-order valence-electron chi connectivity index (χ4n) is 2.69. The summed E-state index contributed by atoms with van der Waals surface area (Å²) >= 11 is 0. The first-order valence-corrected chi connectivity index (χ1v) is 7.35. The third-order valence-electron chi connectivity index (χ3n) is 4.05. The lowest BCUT2D eigenvalue weighted by Gasteiger charge is -2.27. The number of nitrogens with one attached hydrogen (secondary N) is 1. The van der Waals surface area contributed by atoms with Crippen molar-refractivity contribution < 1.29 is 9.18 Å². The average Bonchev–Trinajstić information content (AvgIpc) is 2.44. The number of hydrogen-bond acceptors (Lipinski definition) is 2. The molecule has 0 aliphatic heterocycles. The Balaban J connectivity index is 0.00000220. The van der Waals surface area contributed by atoms with Crippen LogP contribution in [0.4, 0.5) is 4.39 Å². The molecule has 1 aromatic rings. The van der Waals surface area contributed by atoms with Gasteiger partial charge in [-0.15, -0.1) is 12.4 Å². The summed E-state index contributed by atoms with van der Waals surface area (Å²) in [7, 11) is 0. The molecule has 21 heavy (non-hydrogen) atoms. The molecule has 1 unspecified atom stereocenters. The normalized spacial score (nSPS) is 23.0. The van der Waals surface area contributed by atoms with Gasteiger partial charge in [0.05, 0.1) is 0 Å². The molecule has 0 saturated heterocycles. The Kier molecular flexibility index (Phi) is 7.12. The smallest absolute Gasteiger partial charge is 0.223 e. The fraction of sp³-hybridized carbons (Fsp3) is 0.562. The number of amides is 1. The van der Waals surface area contributed by atoms with Gasteiger partial charge in [-0.2, -0.15) is 0 Å². The van der Waals surface area contributed by atoms with Gasteiger partial charge in [-0.05, 0) is 43.7 Å². The van der Waals surface area contributed by atoms with Gasteiger partial charge in [-0.25, -0.2) is 4.39 Å². The van der Waals surface area contributed by atoms with E-state index in [1.165, 1.54) is 6.07 Å². The number of carbonyl (C=O) groups is 1. The lowest BCUT2D eigenvalue weighted by molar-refractivity contribution is -0.125. The molecular formula is C16H24ClFN2O. The summed E-state index contributed by atoms with van der Waals surface area (Å²) in [4.78, 5) is 12.1. The number of carbonyl (C=O) groups excluding carboxylic acids is 1. The quantitative estimate of drug-likeness (QED) is 0.898. The first-order valence-electron chi connectivity index (χ1n) is 7.35. The monoisotopic (exact) mass is 314 g/mol. The Morgan fingerprint density at radius 2 is 1.95 bits per heavy atom. The van der Waals surface area contributed by atoms with Crippen LogP contribution in [0.3, 0.4) is 0 Å². The van der Waals surface area contributed by atoms with Crippen molar-refractivity contribution in [1.82, 2.24) is 5.32 Å². The minimum absolute atomic E-state index is 0. The molecule has 1 aromatic carbocycles. The van der Waals surface area contributed by atoms with E-state index < -0.39 is 0 Å². The molecule has 1 atom stereocenters. The maximum absolute atomic E-state index is 13.6. The molecule has 3 N–H and O–H groups in total. The number of nitrogens with two attached hydrogens (primary N) is 1. The van der Waals surface area contributed by atoms with Gasteiger partial charge in [0.2, 0.25) is 5.91 Å². The highest BCUT2D eigenvalue weighted by Gasteiger charge is 2.22. The summed E-state index contributed by atoms with van der Waals surface area (Å²) in [6, 6.07) is 7.13. The van der Waals surface area contributed by atoms with E-state index in [2.05, 4.69) is 5.32 Å². The van der Waals surface area contributed by atoms with Crippen LogP contribution in [0.1, 0.15) is 38.2 Å². The van der Waals surface area contributed by atoms with Crippen LogP contribution in [0.15, 0.2) is 24.3 Å². The SMILES string of the molecule is CC(Cc1ccccc1F)C(=O)NC1CCC(N)CC1.Cl. The second kappa shape index (κ2) is 8.35. The van der Waals surface area contributed by atoms with E-state index in [0.29, 0.717) is 12.0 Å². The second-order valence-corrected chi connectivity index (χ2v) is 5.82. The molecular weight excluding hydrogens is 291 g/mol. The lowest BCUT2D eigenvalue weighted by atomic mass is 9.91. The standard InChI is InChI=1S/C16H23FN2O.ClH/c1-11(10-12-4-2-3-5-15(12)17)16(20)19-14-8-6-13(18)7-9-14;/h2-5,11,13-14H,6-10,18H2,1H3,(H,19,20);1H. The van der Waals surface area contributed by atoms with Gasteiger partial charge in [0.1, 0.15) is 5.82 Å². The molecule has 1 saturated carbocycles. The summed E-state index contributed by atoms with van der Waals surface area (Å²) in [5.41, 5.74) is 6.45. The van der Waals surface area contributed by atoms with E-state index in [-0.39, 0.29) is 42.1 Å². The molecule has 2 rings (SSSR count). The molecule has 0 bridgehead atoms. The van der Waals surface area contributed by atoms with E-state index in [4.69, 9.17) is 5.73 Å². The van der Waals surface area contributed by atoms with Gasteiger partial charge in [-0.1, -0.05) is 25.1 Å². The van der Waals surface area contributed by atoms with Crippen LogP contribution in [-0.2, 0) is 11.2 Å². The summed E-state index contributed by atoms with van der Waals surface area (Å²) < 4.78 is 13.6. The number of halogens is 2. The van der Waals surface area contributed by atoms with Crippen molar-refractivity contribution >= 4 is 18.3 Å². The van der Waals surface area contributed by atoms with Gasteiger partial charge < -0.3 is 11.1 Å². The molecule has 0 heterocycles. The third-order valence-corrected chi connectivity index (χ3v) is 4.05. The van der Waals surface area contributed by atoms with Crippen LogP contribution in [0.25, 0.3) is 0 Å². The van der Waals surface area contributed by atoms with Crippen LogP contribution in [0.5, 0.6) is 0 Å². The number of hydrogen-bond donors (Lipinski definition) is 2. The minimum atomic E-state index is -0.240. The zero-order chi connectivity index (χ0) is 14.5. The Bertz CT molecular complexity index is 461. The highest BCUT2D eigenvalue weighted by molar-refractivity contribution is 5.85. The Morgan fingerprint density at radius 1 is 1.33 bits per heavy atom.